The minimum Gasteiger partial charge on any atom is -0.296 e. The van der Waals surface area contributed by atoms with Crippen LogP contribution in [0.25, 0.3) is 20.8 Å². The summed E-state index contributed by atoms with van der Waals surface area (Å²) in [6, 6.07) is 20.0. The molecule has 1 aliphatic heterocycles. The van der Waals surface area contributed by atoms with Crippen molar-refractivity contribution in [3.8, 4) is 10.6 Å². The summed E-state index contributed by atoms with van der Waals surface area (Å²) in [6.07, 6.45) is 3.32. The molecule has 3 heterocycles. The maximum absolute atomic E-state index is 5.04. The van der Waals surface area contributed by atoms with Crippen molar-refractivity contribution in [2.75, 3.05) is 6.54 Å². The normalized spacial score (nSPS) is 14.6. The Balaban J connectivity index is 1.55. The van der Waals surface area contributed by atoms with E-state index in [-0.39, 0.29) is 0 Å². The number of rotatable bonds is 5. The van der Waals surface area contributed by atoms with E-state index < -0.39 is 0 Å². The maximum atomic E-state index is 5.04. The molecule has 29 heavy (non-hydrogen) atoms. The average Bonchev–Trinajstić information content (AvgIpc) is 3.32. The number of para-hydroxylation sites is 1. The highest BCUT2D eigenvalue weighted by atomic mass is 32.1. The number of nitrogens with zero attached hydrogens (tertiary/aromatic N) is 2. The van der Waals surface area contributed by atoms with Gasteiger partial charge in [0.25, 0.3) is 0 Å². The molecule has 0 saturated heterocycles. The monoisotopic (exact) mass is 418 g/mol. The lowest BCUT2D eigenvalue weighted by molar-refractivity contribution is 0.206. The fourth-order valence-corrected chi connectivity index (χ4v) is 6.74. The Morgan fingerprint density at radius 2 is 1.76 bits per heavy atom. The van der Waals surface area contributed by atoms with Gasteiger partial charge in [0.2, 0.25) is 0 Å². The van der Waals surface area contributed by atoms with Crippen molar-refractivity contribution in [3.63, 3.8) is 0 Å². The smallest absolute Gasteiger partial charge is 0.126 e. The molecule has 4 aromatic rings. The first-order chi connectivity index (χ1) is 14.2. The van der Waals surface area contributed by atoms with E-state index in [2.05, 4.69) is 73.3 Å². The second-order valence-electron chi connectivity index (χ2n) is 8.09. The van der Waals surface area contributed by atoms with Gasteiger partial charge in [-0.15, -0.1) is 22.7 Å². The van der Waals surface area contributed by atoms with Crippen molar-refractivity contribution in [1.82, 2.24) is 9.88 Å². The van der Waals surface area contributed by atoms with Crippen LogP contribution in [0.5, 0.6) is 0 Å². The van der Waals surface area contributed by atoms with Gasteiger partial charge in [-0.05, 0) is 56.4 Å². The van der Waals surface area contributed by atoms with Crippen molar-refractivity contribution in [3.05, 3.63) is 75.5 Å². The highest BCUT2D eigenvalue weighted by molar-refractivity contribution is 7.22. The van der Waals surface area contributed by atoms with E-state index in [1.165, 1.54) is 25.7 Å². The number of aromatic nitrogens is 1. The van der Waals surface area contributed by atoms with Crippen LogP contribution in [-0.4, -0.2) is 22.5 Å². The number of aryl methyl sites for hydroxylation is 2. The average molecular weight is 419 g/mol. The number of fused-ring (bicyclic) bond motifs is 2. The zero-order valence-corrected chi connectivity index (χ0v) is 18.7. The number of benzene rings is 2. The number of thiazole rings is 1. The van der Waals surface area contributed by atoms with E-state index in [0.29, 0.717) is 6.04 Å². The lowest BCUT2D eigenvalue weighted by Gasteiger charge is -2.30. The third-order valence-electron chi connectivity index (χ3n) is 5.88. The summed E-state index contributed by atoms with van der Waals surface area (Å²) in [4.78, 5) is 10.7. The Bertz CT molecular complexity index is 1090. The molecule has 0 bridgehead atoms. The molecule has 0 aliphatic carbocycles. The molecule has 0 saturated carbocycles. The summed E-state index contributed by atoms with van der Waals surface area (Å²) >= 11 is 3.88. The Morgan fingerprint density at radius 1 is 0.966 bits per heavy atom. The largest absolute Gasteiger partial charge is 0.296 e. The molecular formula is C25H26N2S2. The minimum absolute atomic E-state index is 0.601. The van der Waals surface area contributed by atoms with Gasteiger partial charge in [0.1, 0.15) is 5.01 Å². The van der Waals surface area contributed by atoms with Crippen LogP contribution in [0, 0.1) is 0 Å². The van der Waals surface area contributed by atoms with Crippen LogP contribution in [-0.2, 0) is 25.8 Å². The van der Waals surface area contributed by atoms with Crippen molar-refractivity contribution in [1.29, 1.82) is 0 Å². The summed E-state index contributed by atoms with van der Waals surface area (Å²) in [6.45, 7) is 6.85. The number of hydrogen-bond acceptors (Lipinski definition) is 4. The molecule has 5 rings (SSSR count). The van der Waals surface area contributed by atoms with Crippen LogP contribution >= 0.6 is 22.7 Å². The van der Waals surface area contributed by atoms with Crippen molar-refractivity contribution in [2.45, 2.75) is 45.7 Å². The van der Waals surface area contributed by atoms with Gasteiger partial charge in [-0.25, -0.2) is 4.98 Å². The van der Waals surface area contributed by atoms with Gasteiger partial charge in [0, 0.05) is 34.4 Å². The molecule has 0 N–H and O–H groups in total. The maximum Gasteiger partial charge on any atom is 0.126 e. The molecule has 0 amide bonds. The molecule has 0 fully saturated rings. The Hall–Kier alpha value is -2.01. The van der Waals surface area contributed by atoms with Crippen molar-refractivity contribution < 1.29 is 0 Å². The van der Waals surface area contributed by atoms with Gasteiger partial charge < -0.3 is 0 Å². The van der Waals surface area contributed by atoms with Gasteiger partial charge in [-0.2, -0.15) is 0 Å². The van der Waals surface area contributed by atoms with Gasteiger partial charge in [0.05, 0.1) is 10.2 Å². The second kappa shape index (κ2) is 8.02. The standard InChI is InChI=1S/C25H26N2S2/c1-17(2)27-15-14-19-23(16-27)28-22(13-12-18-8-4-3-5-9-18)24(19)25-26-20-10-6-7-11-21(20)29-25/h3-11,17H,12-16H2,1-2H3. The summed E-state index contributed by atoms with van der Waals surface area (Å²) < 4.78 is 1.29. The quantitative estimate of drug-likeness (QED) is 0.364. The van der Waals surface area contributed by atoms with Crippen LogP contribution in [0.3, 0.4) is 0 Å². The summed E-state index contributed by atoms with van der Waals surface area (Å²) in [5, 5.41) is 1.21. The Kier molecular flexibility index (Phi) is 5.25. The molecule has 4 heteroatoms. The first kappa shape index (κ1) is 19.0. The van der Waals surface area contributed by atoms with E-state index in [9.17, 15) is 0 Å². The van der Waals surface area contributed by atoms with E-state index in [1.807, 2.05) is 22.7 Å². The van der Waals surface area contributed by atoms with Crippen LogP contribution in [0.1, 0.15) is 34.7 Å². The molecule has 2 nitrogen and oxygen atoms in total. The molecule has 1 aliphatic rings. The summed E-state index contributed by atoms with van der Waals surface area (Å²) in [7, 11) is 0. The third-order valence-corrected chi connectivity index (χ3v) is 8.21. The predicted molar refractivity (Wildman–Crippen MR) is 126 cm³/mol. The molecule has 2 aromatic heterocycles. The zero-order chi connectivity index (χ0) is 19.8. The highest BCUT2D eigenvalue weighted by Gasteiger charge is 2.27. The van der Waals surface area contributed by atoms with Gasteiger partial charge in [-0.3, -0.25) is 4.90 Å². The van der Waals surface area contributed by atoms with Crippen LogP contribution in [0.15, 0.2) is 54.6 Å². The SMILES string of the molecule is CC(C)N1CCc2c(sc(CCc3ccccc3)c2-c2nc3ccccc3s2)C1. The van der Waals surface area contributed by atoms with Gasteiger partial charge >= 0.3 is 0 Å². The van der Waals surface area contributed by atoms with E-state index >= 15 is 0 Å². The summed E-state index contributed by atoms with van der Waals surface area (Å²) in [5.41, 5.74) is 5.55. The van der Waals surface area contributed by atoms with Crippen LogP contribution < -0.4 is 0 Å². The van der Waals surface area contributed by atoms with Gasteiger partial charge in [-0.1, -0.05) is 42.5 Å². The lowest BCUT2D eigenvalue weighted by atomic mass is 9.99. The van der Waals surface area contributed by atoms with E-state index in [1.54, 1.807) is 10.4 Å². The second-order valence-corrected chi connectivity index (χ2v) is 10.3. The molecule has 2 aromatic carbocycles. The first-order valence-electron chi connectivity index (χ1n) is 10.5. The number of hydrogen-bond donors (Lipinski definition) is 0. The highest BCUT2D eigenvalue weighted by Crippen LogP contribution is 2.43. The minimum atomic E-state index is 0.601. The Labute approximate surface area is 180 Å². The van der Waals surface area contributed by atoms with Crippen LogP contribution in [0.2, 0.25) is 0 Å². The first-order valence-corrected chi connectivity index (χ1v) is 12.1. The molecule has 0 atom stereocenters. The molecule has 0 spiro atoms. The lowest BCUT2D eigenvalue weighted by Crippen LogP contribution is -2.35. The predicted octanol–water partition coefficient (Wildman–Crippen LogP) is 6.58. The zero-order valence-electron chi connectivity index (χ0n) is 17.0. The van der Waals surface area contributed by atoms with Crippen molar-refractivity contribution in [2.24, 2.45) is 0 Å². The number of thiophene rings is 1. The van der Waals surface area contributed by atoms with E-state index in [4.69, 9.17) is 4.98 Å². The molecular weight excluding hydrogens is 392 g/mol. The van der Waals surface area contributed by atoms with Gasteiger partial charge in [0.15, 0.2) is 0 Å². The van der Waals surface area contributed by atoms with Crippen LogP contribution in [0.4, 0.5) is 0 Å². The van der Waals surface area contributed by atoms with Crippen molar-refractivity contribution >= 4 is 32.9 Å². The molecule has 0 radical (unpaired) electrons. The van der Waals surface area contributed by atoms with E-state index in [0.717, 1.165) is 37.9 Å². The summed E-state index contributed by atoms with van der Waals surface area (Å²) in [5.74, 6) is 0. The fourth-order valence-electron chi connectivity index (χ4n) is 4.23. The Morgan fingerprint density at radius 3 is 2.55 bits per heavy atom. The molecule has 148 valence electrons. The third kappa shape index (κ3) is 3.77. The topological polar surface area (TPSA) is 16.1 Å². The molecule has 0 unspecified atom stereocenters. The fraction of sp³-hybridized carbons (Fsp3) is 0.320.